The van der Waals surface area contributed by atoms with Gasteiger partial charge in [-0.2, -0.15) is 0 Å². The van der Waals surface area contributed by atoms with E-state index in [2.05, 4.69) is 57.1 Å². The Hall–Kier alpha value is -0.860. The van der Waals surface area contributed by atoms with Crippen LogP contribution < -0.4 is 5.32 Å². The van der Waals surface area contributed by atoms with Gasteiger partial charge >= 0.3 is 0 Å². The smallest absolute Gasteiger partial charge is 0.0297 e. The zero-order chi connectivity index (χ0) is 14.0. The molecule has 2 heteroatoms. The minimum atomic E-state index is 0.439. The number of nitrogens with zero attached hydrogens (tertiary/aromatic N) is 1. The van der Waals surface area contributed by atoms with E-state index in [9.17, 15) is 0 Å². The van der Waals surface area contributed by atoms with Crippen molar-refractivity contribution in [2.45, 2.75) is 52.6 Å². The summed E-state index contributed by atoms with van der Waals surface area (Å²) in [6.45, 7) is 11.3. The maximum Gasteiger partial charge on any atom is 0.0297 e. The highest BCUT2D eigenvalue weighted by atomic mass is 15.2. The van der Waals surface area contributed by atoms with Crippen molar-refractivity contribution in [2.75, 3.05) is 20.1 Å². The first-order valence-electron chi connectivity index (χ1n) is 7.50. The van der Waals surface area contributed by atoms with Crippen molar-refractivity contribution in [3.63, 3.8) is 0 Å². The molecule has 1 aromatic rings. The van der Waals surface area contributed by atoms with E-state index in [-0.39, 0.29) is 0 Å². The van der Waals surface area contributed by atoms with Crippen LogP contribution in [0.25, 0.3) is 0 Å². The lowest BCUT2D eigenvalue weighted by molar-refractivity contribution is 0.293. The molecule has 0 radical (unpaired) electrons. The number of rotatable bonds is 4. The summed E-state index contributed by atoms with van der Waals surface area (Å²) in [7, 11) is 2.24. The van der Waals surface area contributed by atoms with Crippen molar-refractivity contribution in [1.82, 2.24) is 10.2 Å². The van der Waals surface area contributed by atoms with Gasteiger partial charge in [-0.25, -0.2) is 0 Å². The zero-order valence-electron chi connectivity index (χ0n) is 13.1. The third-order valence-corrected chi connectivity index (χ3v) is 4.50. The van der Waals surface area contributed by atoms with Gasteiger partial charge in [-0.1, -0.05) is 17.7 Å². The van der Waals surface area contributed by atoms with Crippen LogP contribution in [0.5, 0.6) is 0 Å². The number of likely N-dealkylation sites (N-methyl/N-ethyl adjacent to an activating group) is 1. The fourth-order valence-electron chi connectivity index (χ4n) is 3.53. The van der Waals surface area contributed by atoms with Crippen molar-refractivity contribution in [2.24, 2.45) is 0 Å². The van der Waals surface area contributed by atoms with Gasteiger partial charge in [-0.05, 0) is 70.8 Å². The molecule has 1 aromatic carbocycles. The SMILES string of the molecule is Cc1cc(C)c(C(C)NCC2CCCN2C)c(C)c1. The monoisotopic (exact) mass is 260 g/mol. The summed E-state index contributed by atoms with van der Waals surface area (Å²) in [5, 5.41) is 3.73. The second-order valence-corrected chi connectivity index (χ2v) is 6.22. The van der Waals surface area contributed by atoms with Crippen molar-refractivity contribution in [3.05, 3.63) is 34.4 Å². The van der Waals surface area contributed by atoms with Crippen molar-refractivity contribution >= 4 is 0 Å². The Kier molecular flexibility index (Phi) is 4.64. The fraction of sp³-hybridized carbons (Fsp3) is 0.647. The lowest BCUT2D eigenvalue weighted by Crippen LogP contribution is -2.36. The average molecular weight is 260 g/mol. The summed E-state index contributed by atoms with van der Waals surface area (Å²) in [6, 6.07) is 5.74. The van der Waals surface area contributed by atoms with Crippen LogP contribution in [0.2, 0.25) is 0 Å². The minimum Gasteiger partial charge on any atom is -0.309 e. The van der Waals surface area contributed by atoms with Crippen LogP contribution in [0.3, 0.4) is 0 Å². The molecule has 0 aromatic heterocycles. The van der Waals surface area contributed by atoms with Crippen molar-refractivity contribution in [1.29, 1.82) is 0 Å². The van der Waals surface area contributed by atoms with E-state index in [0.717, 1.165) is 6.54 Å². The molecule has 0 bridgehead atoms. The van der Waals surface area contributed by atoms with Gasteiger partial charge in [0.1, 0.15) is 0 Å². The fourth-order valence-corrected chi connectivity index (χ4v) is 3.53. The first-order chi connectivity index (χ1) is 8.99. The first kappa shape index (κ1) is 14.5. The van der Waals surface area contributed by atoms with Gasteiger partial charge in [0.15, 0.2) is 0 Å². The normalized spacial score (nSPS) is 21.8. The Morgan fingerprint density at radius 2 is 1.89 bits per heavy atom. The predicted octanol–water partition coefficient (Wildman–Crippen LogP) is 3.36. The van der Waals surface area contributed by atoms with E-state index in [1.165, 1.54) is 41.6 Å². The molecular formula is C17H28N2. The topological polar surface area (TPSA) is 15.3 Å². The highest BCUT2D eigenvalue weighted by molar-refractivity contribution is 5.39. The second kappa shape index (κ2) is 6.06. The van der Waals surface area contributed by atoms with Crippen LogP contribution in [0, 0.1) is 20.8 Å². The number of likely N-dealkylation sites (tertiary alicyclic amines) is 1. The van der Waals surface area contributed by atoms with Gasteiger partial charge in [0.05, 0.1) is 0 Å². The Labute approximate surface area is 118 Å². The quantitative estimate of drug-likeness (QED) is 0.893. The summed E-state index contributed by atoms with van der Waals surface area (Å²) >= 11 is 0. The molecule has 2 unspecified atom stereocenters. The van der Waals surface area contributed by atoms with Gasteiger partial charge in [-0.3, -0.25) is 0 Å². The van der Waals surface area contributed by atoms with Crippen LogP contribution in [0.1, 0.15) is 48.1 Å². The van der Waals surface area contributed by atoms with Gasteiger partial charge < -0.3 is 10.2 Å². The highest BCUT2D eigenvalue weighted by Gasteiger charge is 2.21. The standard InChI is InChI=1S/C17H28N2/c1-12-9-13(2)17(14(3)10-12)15(4)18-11-16-7-6-8-19(16)5/h9-10,15-16,18H,6-8,11H2,1-5H3. The van der Waals surface area contributed by atoms with Crippen LogP contribution in [0.4, 0.5) is 0 Å². The molecule has 1 aliphatic rings. The largest absolute Gasteiger partial charge is 0.309 e. The van der Waals surface area contributed by atoms with E-state index in [0.29, 0.717) is 12.1 Å². The number of nitrogens with one attached hydrogen (secondary N) is 1. The summed E-state index contributed by atoms with van der Waals surface area (Å²) in [5.74, 6) is 0. The Morgan fingerprint density at radius 3 is 2.42 bits per heavy atom. The Balaban J connectivity index is 2.02. The molecule has 0 spiro atoms. The molecule has 1 fully saturated rings. The lowest BCUT2D eigenvalue weighted by atomic mass is 9.95. The molecule has 1 saturated heterocycles. The predicted molar refractivity (Wildman–Crippen MR) is 82.7 cm³/mol. The molecular weight excluding hydrogens is 232 g/mol. The van der Waals surface area contributed by atoms with E-state index in [1.807, 2.05) is 0 Å². The molecule has 1 heterocycles. The summed E-state index contributed by atoms with van der Waals surface area (Å²) in [4.78, 5) is 2.48. The van der Waals surface area contributed by atoms with Crippen LogP contribution in [-0.4, -0.2) is 31.1 Å². The van der Waals surface area contributed by atoms with Gasteiger partial charge in [0, 0.05) is 18.6 Å². The Morgan fingerprint density at radius 1 is 1.26 bits per heavy atom. The van der Waals surface area contributed by atoms with Crippen LogP contribution in [-0.2, 0) is 0 Å². The van der Waals surface area contributed by atoms with Crippen molar-refractivity contribution in [3.8, 4) is 0 Å². The second-order valence-electron chi connectivity index (χ2n) is 6.22. The number of hydrogen-bond acceptors (Lipinski definition) is 2. The number of aryl methyl sites for hydroxylation is 3. The van der Waals surface area contributed by atoms with Gasteiger partial charge in [0.2, 0.25) is 0 Å². The van der Waals surface area contributed by atoms with Gasteiger partial charge in [0.25, 0.3) is 0 Å². The molecule has 1 N–H and O–H groups in total. The summed E-state index contributed by atoms with van der Waals surface area (Å²) < 4.78 is 0. The third-order valence-electron chi connectivity index (χ3n) is 4.50. The van der Waals surface area contributed by atoms with Crippen molar-refractivity contribution < 1.29 is 0 Å². The Bertz CT molecular complexity index is 416. The summed E-state index contributed by atoms with van der Waals surface area (Å²) in [6.07, 6.45) is 2.68. The first-order valence-corrected chi connectivity index (χ1v) is 7.50. The van der Waals surface area contributed by atoms with Gasteiger partial charge in [-0.15, -0.1) is 0 Å². The highest BCUT2D eigenvalue weighted by Crippen LogP contribution is 2.24. The molecule has 1 aliphatic heterocycles. The molecule has 0 amide bonds. The zero-order valence-corrected chi connectivity index (χ0v) is 13.1. The van der Waals surface area contributed by atoms with E-state index < -0.39 is 0 Å². The molecule has 2 rings (SSSR count). The number of hydrogen-bond donors (Lipinski definition) is 1. The molecule has 19 heavy (non-hydrogen) atoms. The third kappa shape index (κ3) is 3.37. The van der Waals surface area contributed by atoms with E-state index >= 15 is 0 Å². The molecule has 2 atom stereocenters. The molecule has 0 saturated carbocycles. The molecule has 0 aliphatic carbocycles. The lowest BCUT2D eigenvalue weighted by Gasteiger charge is -2.24. The minimum absolute atomic E-state index is 0.439. The maximum atomic E-state index is 3.73. The molecule has 2 nitrogen and oxygen atoms in total. The maximum absolute atomic E-state index is 3.73. The van der Waals surface area contributed by atoms with Crippen LogP contribution >= 0.6 is 0 Å². The number of benzene rings is 1. The summed E-state index contributed by atoms with van der Waals surface area (Å²) in [5.41, 5.74) is 5.67. The van der Waals surface area contributed by atoms with E-state index in [1.54, 1.807) is 0 Å². The van der Waals surface area contributed by atoms with E-state index in [4.69, 9.17) is 0 Å². The molecule has 106 valence electrons. The average Bonchev–Trinajstić information content (AvgIpc) is 2.70. The van der Waals surface area contributed by atoms with Crippen LogP contribution in [0.15, 0.2) is 12.1 Å².